The summed E-state index contributed by atoms with van der Waals surface area (Å²) in [6.07, 6.45) is 3.82. The number of rotatable bonds is 8. The van der Waals surface area contributed by atoms with Crippen LogP contribution in [0.1, 0.15) is 17.0 Å². The van der Waals surface area contributed by atoms with Crippen molar-refractivity contribution in [2.24, 2.45) is 0 Å². The van der Waals surface area contributed by atoms with Gasteiger partial charge in [0.05, 0.1) is 10.2 Å². The summed E-state index contributed by atoms with van der Waals surface area (Å²) in [6, 6.07) is 3.73. The van der Waals surface area contributed by atoms with E-state index in [1.54, 1.807) is 24.2 Å². The largest absolute Gasteiger partial charge is 0.354 e. The van der Waals surface area contributed by atoms with Crippen LogP contribution in [-0.2, 0) is 12.2 Å². The Hall–Kier alpha value is -1.78. The average Bonchev–Trinajstić information content (AvgIpc) is 3.03. The molecule has 0 aliphatic carbocycles. The first kappa shape index (κ1) is 18.0. The van der Waals surface area contributed by atoms with Gasteiger partial charge in [0.1, 0.15) is 5.69 Å². The molecule has 0 saturated carbocycles. The maximum Gasteiger partial charge on any atom is 0.274 e. The quantitative estimate of drug-likeness (QED) is 0.521. The third kappa shape index (κ3) is 5.35. The summed E-state index contributed by atoms with van der Waals surface area (Å²) in [5.74, 6) is 2.10. The standard InChI is InChI=1S/C15H15BrN6OS2/c16-11-8-25-22-13(11)9-24-5-4-18-15-19-14(23)12(20-21-15)6-10-2-1-3-17-7-10/h1-3,7-8H,4-6,9H2,(H2,18,19,21,23). The summed E-state index contributed by atoms with van der Waals surface area (Å²) in [4.78, 5) is 18.8. The van der Waals surface area contributed by atoms with Crippen LogP contribution in [0.4, 0.5) is 5.95 Å². The Balaban J connectivity index is 1.46. The lowest BCUT2D eigenvalue weighted by molar-refractivity contribution is 0.862. The van der Waals surface area contributed by atoms with Gasteiger partial charge in [0, 0.05) is 42.2 Å². The minimum atomic E-state index is -0.236. The number of thioether (sulfide) groups is 1. The van der Waals surface area contributed by atoms with E-state index in [2.05, 4.69) is 45.8 Å². The number of hydrogen-bond acceptors (Lipinski definition) is 8. The first-order valence-corrected chi connectivity index (χ1v) is 10.3. The van der Waals surface area contributed by atoms with E-state index in [1.165, 1.54) is 11.5 Å². The zero-order valence-electron chi connectivity index (χ0n) is 13.1. The lowest BCUT2D eigenvalue weighted by Gasteiger charge is -2.05. The van der Waals surface area contributed by atoms with Crippen molar-refractivity contribution in [1.82, 2.24) is 24.5 Å². The van der Waals surface area contributed by atoms with Gasteiger partial charge in [0.25, 0.3) is 5.56 Å². The molecule has 0 bridgehead atoms. The maximum absolute atomic E-state index is 12.1. The van der Waals surface area contributed by atoms with E-state index in [1.807, 2.05) is 17.5 Å². The molecule has 10 heteroatoms. The van der Waals surface area contributed by atoms with Crippen molar-refractivity contribution in [3.63, 3.8) is 0 Å². The lowest BCUT2D eigenvalue weighted by Crippen LogP contribution is -2.20. The fraction of sp³-hybridized carbons (Fsp3) is 0.267. The molecule has 0 spiro atoms. The molecule has 3 rings (SSSR count). The smallest absolute Gasteiger partial charge is 0.274 e. The van der Waals surface area contributed by atoms with E-state index >= 15 is 0 Å². The van der Waals surface area contributed by atoms with Crippen molar-refractivity contribution in [3.8, 4) is 0 Å². The molecule has 0 unspecified atom stereocenters. The number of pyridine rings is 1. The van der Waals surface area contributed by atoms with E-state index in [4.69, 9.17) is 0 Å². The lowest BCUT2D eigenvalue weighted by atomic mass is 10.2. The second-order valence-electron chi connectivity index (χ2n) is 5.08. The van der Waals surface area contributed by atoms with Gasteiger partial charge in [-0.25, -0.2) is 0 Å². The summed E-state index contributed by atoms with van der Waals surface area (Å²) in [7, 11) is 0. The Labute approximate surface area is 161 Å². The predicted octanol–water partition coefficient (Wildman–Crippen LogP) is 2.72. The number of nitrogens with zero attached hydrogens (tertiary/aromatic N) is 4. The number of hydrogen-bond donors (Lipinski definition) is 2. The van der Waals surface area contributed by atoms with Crippen LogP contribution in [0, 0.1) is 0 Å². The molecule has 3 aromatic rings. The minimum Gasteiger partial charge on any atom is -0.354 e. The number of aromatic nitrogens is 5. The summed E-state index contributed by atoms with van der Waals surface area (Å²) < 4.78 is 5.36. The highest BCUT2D eigenvalue weighted by molar-refractivity contribution is 9.10. The molecule has 0 radical (unpaired) electrons. The van der Waals surface area contributed by atoms with Crippen LogP contribution in [0.2, 0.25) is 0 Å². The summed E-state index contributed by atoms with van der Waals surface area (Å²) >= 11 is 6.67. The molecule has 0 fully saturated rings. The van der Waals surface area contributed by atoms with Crippen LogP contribution in [-0.4, -0.2) is 36.8 Å². The van der Waals surface area contributed by atoms with Crippen molar-refractivity contribution in [1.29, 1.82) is 0 Å². The molecule has 3 heterocycles. The van der Waals surface area contributed by atoms with Gasteiger partial charge in [-0.2, -0.15) is 16.1 Å². The van der Waals surface area contributed by atoms with Crippen molar-refractivity contribution in [2.45, 2.75) is 12.2 Å². The zero-order valence-corrected chi connectivity index (χ0v) is 16.3. The molecule has 7 nitrogen and oxygen atoms in total. The normalized spacial score (nSPS) is 10.8. The van der Waals surface area contributed by atoms with Gasteiger partial charge < -0.3 is 5.32 Å². The molecule has 0 aliphatic rings. The first-order chi connectivity index (χ1) is 12.2. The highest BCUT2D eigenvalue weighted by Gasteiger charge is 2.06. The third-order valence-corrected chi connectivity index (χ3v) is 5.86. The SMILES string of the molecule is O=c1[nH]c(NCCSCc2nscc2Br)nnc1Cc1cccnc1. The fourth-order valence-corrected chi connectivity index (χ4v) is 4.25. The molecular formula is C15H15BrN6OS2. The molecule has 0 aromatic carbocycles. The molecule has 130 valence electrons. The van der Waals surface area contributed by atoms with Gasteiger partial charge in [0.15, 0.2) is 0 Å². The van der Waals surface area contributed by atoms with Crippen LogP contribution in [0.25, 0.3) is 0 Å². The number of aromatic amines is 1. The molecule has 2 N–H and O–H groups in total. The summed E-state index contributed by atoms with van der Waals surface area (Å²) in [5, 5.41) is 13.1. The van der Waals surface area contributed by atoms with E-state index in [-0.39, 0.29) is 5.56 Å². The van der Waals surface area contributed by atoms with Crippen molar-refractivity contribution in [2.75, 3.05) is 17.6 Å². The van der Waals surface area contributed by atoms with Crippen LogP contribution in [0.15, 0.2) is 39.2 Å². The van der Waals surface area contributed by atoms with Gasteiger partial charge in [-0.3, -0.25) is 14.8 Å². The highest BCUT2D eigenvalue weighted by atomic mass is 79.9. The van der Waals surface area contributed by atoms with Crippen LogP contribution in [0.3, 0.4) is 0 Å². The van der Waals surface area contributed by atoms with Crippen molar-refractivity contribution >= 4 is 45.2 Å². The summed E-state index contributed by atoms with van der Waals surface area (Å²) in [5.41, 5.74) is 2.12. The number of nitrogens with one attached hydrogen (secondary N) is 2. The average molecular weight is 439 g/mol. The van der Waals surface area contributed by atoms with Gasteiger partial charge >= 0.3 is 0 Å². The van der Waals surface area contributed by atoms with E-state index < -0.39 is 0 Å². The Kier molecular flexibility index (Phi) is 6.54. The Bertz CT molecular complexity index is 870. The van der Waals surface area contributed by atoms with Gasteiger partial charge in [-0.05, 0) is 39.1 Å². The predicted molar refractivity (Wildman–Crippen MR) is 104 cm³/mol. The Morgan fingerprint density at radius 2 is 2.24 bits per heavy atom. The fourth-order valence-electron chi connectivity index (χ4n) is 2.01. The van der Waals surface area contributed by atoms with Crippen LogP contribution in [0.5, 0.6) is 0 Å². The van der Waals surface area contributed by atoms with Gasteiger partial charge in [-0.1, -0.05) is 6.07 Å². The zero-order chi connectivity index (χ0) is 17.5. The topological polar surface area (TPSA) is 96.5 Å². The molecule has 3 aromatic heterocycles. The van der Waals surface area contributed by atoms with Crippen LogP contribution < -0.4 is 10.9 Å². The van der Waals surface area contributed by atoms with Crippen LogP contribution >= 0.6 is 39.2 Å². The molecule has 0 saturated heterocycles. The van der Waals surface area contributed by atoms with Crippen molar-refractivity contribution in [3.05, 3.63) is 61.7 Å². The van der Waals surface area contributed by atoms with E-state index in [0.29, 0.717) is 24.6 Å². The molecule has 0 atom stereocenters. The second-order valence-corrected chi connectivity index (χ2v) is 7.66. The molecular weight excluding hydrogens is 424 g/mol. The summed E-state index contributed by atoms with van der Waals surface area (Å²) in [6.45, 7) is 0.680. The van der Waals surface area contributed by atoms with E-state index in [9.17, 15) is 4.79 Å². The number of H-pyrrole nitrogens is 1. The number of anilines is 1. The molecule has 0 amide bonds. The molecule has 0 aliphatic heterocycles. The van der Waals surface area contributed by atoms with Gasteiger partial charge in [0.2, 0.25) is 5.95 Å². The van der Waals surface area contributed by atoms with Gasteiger partial charge in [-0.15, -0.1) is 10.2 Å². The monoisotopic (exact) mass is 438 g/mol. The van der Waals surface area contributed by atoms with Crippen molar-refractivity contribution < 1.29 is 0 Å². The van der Waals surface area contributed by atoms with E-state index in [0.717, 1.165) is 27.2 Å². The minimum absolute atomic E-state index is 0.236. The number of halogens is 1. The highest BCUT2D eigenvalue weighted by Crippen LogP contribution is 2.22. The second kappa shape index (κ2) is 9.07. The first-order valence-electron chi connectivity index (χ1n) is 7.47. The maximum atomic E-state index is 12.1. The molecule has 25 heavy (non-hydrogen) atoms. The Morgan fingerprint density at radius 1 is 1.32 bits per heavy atom. The third-order valence-electron chi connectivity index (χ3n) is 3.23. The Morgan fingerprint density at radius 3 is 2.96 bits per heavy atom.